The van der Waals surface area contributed by atoms with Crippen LogP contribution in [0.25, 0.3) is 0 Å². The van der Waals surface area contributed by atoms with Crippen molar-refractivity contribution in [3.63, 3.8) is 0 Å². The monoisotopic (exact) mass is 325 g/mol. The zero-order valence-corrected chi connectivity index (χ0v) is 13.4. The maximum absolute atomic E-state index is 13.1. The molecule has 4 heteroatoms. The van der Waals surface area contributed by atoms with E-state index in [0.29, 0.717) is 16.5 Å². The molecule has 2 aromatic rings. The van der Waals surface area contributed by atoms with Crippen LogP contribution in [0.15, 0.2) is 42.5 Å². The van der Waals surface area contributed by atoms with Gasteiger partial charge in [-0.05, 0) is 54.8 Å². The molecule has 1 nitrogen and oxygen atoms in total. The molecule has 1 N–H and O–H groups in total. The lowest BCUT2D eigenvalue weighted by atomic mass is 9.98. The minimum Gasteiger partial charge on any atom is -0.310 e. The Morgan fingerprint density at radius 2 is 1.95 bits per heavy atom. The normalized spacial score (nSPS) is 12.4. The third-order valence-corrected chi connectivity index (χ3v) is 3.92. The summed E-state index contributed by atoms with van der Waals surface area (Å²) in [5.41, 5.74) is 2.03. The van der Waals surface area contributed by atoms with Gasteiger partial charge in [-0.15, -0.1) is 0 Å². The van der Waals surface area contributed by atoms with Gasteiger partial charge in [0.15, 0.2) is 0 Å². The summed E-state index contributed by atoms with van der Waals surface area (Å²) in [6.45, 7) is 3.02. The van der Waals surface area contributed by atoms with Crippen molar-refractivity contribution in [2.75, 3.05) is 6.54 Å². The van der Waals surface area contributed by atoms with Gasteiger partial charge in [-0.1, -0.05) is 48.3 Å². The van der Waals surface area contributed by atoms with Gasteiger partial charge < -0.3 is 5.32 Å². The molecule has 0 spiro atoms. The Kier molecular flexibility index (Phi) is 6.04. The first kappa shape index (κ1) is 16.3. The van der Waals surface area contributed by atoms with Crippen molar-refractivity contribution in [3.05, 3.63) is 69.5 Å². The van der Waals surface area contributed by atoms with Crippen molar-refractivity contribution in [2.45, 2.75) is 25.8 Å². The lowest BCUT2D eigenvalue weighted by Gasteiger charge is -2.20. The van der Waals surface area contributed by atoms with E-state index >= 15 is 0 Å². The van der Waals surface area contributed by atoms with Crippen LogP contribution in [0.1, 0.15) is 30.5 Å². The van der Waals surface area contributed by atoms with E-state index in [1.165, 1.54) is 12.1 Å². The Labute approximate surface area is 135 Å². The number of rotatable bonds is 6. The molecule has 0 fully saturated rings. The first-order valence-corrected chi connectivity index (χ1v) is 7.78. The van der Waals surface area contributed by atoms with Crippen molar-refractivity contribution in [1.82, 2.24) is 5.32 Å². The molecule has 1 unspecified atom stereocenters. The maximum Gasteiger partial charge on any atom is 0.124 e. The summed E-state index contributed by atoms with van der Waals surface area (Å²) in [6, 6.07) is 12.4. The van der Waals surface area contributed by atoms with Gasteiger partial charge in [-0.25, -0.2) is 4.39 Å². The molecular weight excluding hydrogens is 308 g/mol. The van der Waals surface area contributed by atoms with E-state index in [0.717, 1.165) is 24.1 Å². The quantitative estimate of drug-likeness (QED) is 0.748. The fourth-order valence-corrected chi connectivity index (χ4v) is 2.70. The second kappa shape index (κ2) is 7.79. The minimum atomic E-state index is -0.315. The molecule has 0 aliphatic heterocycles. The number of hydrogen-bond donors (Lipinski definition) is 1. The van der Waals surface area contributed by atoms with Gasteiger partial charge >= 0.3 is 0 Å². The maximum atomic E-state index is 13.1. The molecular formula is C17H18Cl2FN. The van der Waals surface area contributed by atoms with Crippen LogP contribution in [0.5, 0.6) is 0 Å². The summed E-state index contributed by atoms with van der Waals surface area (Å²) < 4.78 is 13.1. The number of hydrogen-bond acceptors (Lipinski definition) is 1. The van der Waals surface area contributed by atoms with E-state index in [9.17, 15) is 4.39 Å². The Morgan fingerprint density at radius 1 is 1.14 bits per heavy atom. The topological polar surface area (TPSA) is 12.0 Å². The van der Waals surface area contributed by atoms with Crippen molar-refractivity contribution in [1.29, 1.82) is 0 Å². The Morgan fingerprint density at radius 3 is 2.62 bits per heavy atom. The lowest BCUT2D eigenvalue weighted by molar-refractivity contribution is 0.528. The van der Waals surface area contributed by atoms with Crippen molar-refractivity contribution in [3.8, 4) is 0 Å². The number of halogens is 3. The molecule has 1 atom stereocenters. The highest BCUT2D eigenvalue weighted by Crippen LogP contribution is 2.26. The first-order chi connectivity index (χ1) is 10.1. The van der Waals surface area contributed by atoms with E-state index in [1.807, 2.05) is 24.3 Å². The standard InChI is InChI=1S/C17H18Cl2FN/c1-2-8-21-17(13-4-3-5-14(18)9-13)10-12-6-7-15(20)11-16(12)19/h3-7,9,11,17,21H,2,8,10H2,1H3. The van der Waals surface area contributed by atoms with Crippen LogP contribution in [-0.2, 0) is 6.42 Å². The Hall–Kier alpha value is -1.09. The van der Waals surface area contributed by atoms with Crippen LogP contribution in [0.3, 0.4) is 0 Å². The van der Waals surface area contributed by atoms with Crippen LogP contribution in [0.2, 0.25) is 10.0 Å². The molecule has 112 valence electrons. The molecule has 0 bridgehead atoms. The fraction of sp³-hybridized carbons (Fsp3) is 0.294. The van der Waals surface area contributed by atoms with Crippen molar-refractivity contribution < 1.29 is 4.39 Å². The minimum absolute atomic E-state index is 0.103. The predicted octanol–water partition coefficient (Wildman–Crippen LogP) is 5.42. The predicted molar refractivity (Wildman–Crippen MR) is 87.6 cm³/mol. The number of nitrogens with one attached hydrogen (secondary N) is 1. The summed E-state index contributed by atoms with van der Waals surface area (Å²) in [7, 11) is 0. The van der Waals surface area contributed by atoms with E-state index in [4.69, 9.17) is 23.2 Å². The summed E-state index contributed by atoms with van der Waals surface area (Å²) >= 11 is 12.2. The highest BCUT2D eigenvalue weighted by atomic mass is 35.5. The van der Waals surface area contributed by atoms with Gasteiger partial charge in [-0.2, -0.15) is 0 Å². The smallest absolute Gasteiger partial charge is 0.124 e. The average molecular weight is 326 g/mol. The van der Waals surface area contributed by atoms with E-state index in [-0.39, 0.29) is 11.9 Å². The van der Waals surface area contributed by atoms with E-state index in [2.05, 4.69) is 12.2 Å². The summed E-state index contributed by atoms with van der Waals surface area (Å²) in [6.07, 6.45) is 1.73. The SMILES string of the molecule is CCCNC(Cc1ccc(F)cc1Cl)c1cccc(Cl)c1. The average Bonchev–Trinajstić information content (AvgIpc) is 2.45. The van der Waals surface area contributed by atoms with Gasteiger partial charge in [0.25, 0.3) is 0 Å². The van der Waals surface area contributed by atoms with E-state index in [1.54, 1.807) is 6.07 Å². The highest BCUT2D eigenvalue weighted by molar-refractivity contribution is 6.31. The molecule has 0 aromatic heterocycles. The summed E-state index contributed by atoms with van der Waals surface area (Å²) in [5.74, 6) is -0.315. The van der Waals surface area contributed by atoms with Crippen LogP contribution in [-0.4, -0.2) is 6.54 Å². The second-order valence-electron chi connectivity index (χ2n) is 5.00. The molecule has 0 saturated heterocycles. The Bertz CT molecular complexity index is 601. The van der Waals surface area contributed by atoms with Gasteiger partial charge in [0.2, 0.25) is 0 Å². The van der Waals surface area contributed by atoms with Crippen LogP contribution >= 0.6 is 23.2 Å². The molecule has 2 rings (SSSR count). The van der Waals surface area contributed by atoms with Crippen LogP contribution < -0.4 is 5.32 Å². The number of benzene rings is 2. The molecule has 0 radical (unpaired) electrons. The zero-order chi connectivity index (χ0) is 15.2. The van der Waals surface area contributed by atoms with Crippen LogP contribution in [0, 0.1) is 5.82 Å². The molecule has 0 saturated carbocycles. The zero-order valence-electron chi connectivity index (χ0n) is 11.9. The molecule has 0 amide bonds. The summed E-state index contributed by atoms with van der Waals surface area (Å²) in [4.78, 5) is 0. The molecule has 0 aliphatic carbocycles. The molecule has 2 aromatic carbocycles. The lowest BCUT2D eigenvalue weighted by Crippen LogP contribution is -2.24. The third-order valence-electron chi connectivity index (χ3n) is 3.33. The van der Waals surface area contributed by atoms with Crippen molar-refractivity contribution in [2.24, 2.45) is 0 Å². The summed E-state index contributed by atoms with van der Waals surface area (Å²) in [5, 5.41) is 4.66. The fourth-order valence-electron chi connectivity index (χ4n) is 2.26. The molecule has 0 aliphatic rings. The second-order valence-corrected chi connectivity index (χ2v) is 5.85. The van der Waals surface area contributed by atoms with Gasteiger partial charge in [0, 0.05) is 16.1 Å². The largest absolute Gasteiger partial charge is 0.310 e. The Balaban J connectivity index is 2.23. The third kappa shape index (κ3) is 4.70. The van der Waals surface area contributed by atoms with Gasteiger partial charge in [0.1, 0.15) is 5.82 Å². The van der Waals surface area contributed by atoms with Gasteiger partial charge in [0.05, 0.1) is 0 Å². The molecule has 0 heterocycles. The van der Waals surface area contributed by atoms with E-state index < -0.39 is 0 Å². The molecule has 21 heavy (non-hydrogen) atoms. The van der Waals surface area contributed by atoms with Gasteiger partial charge in [-0.3, -0.25) is 0 Å². The highest BCUT2D eigenvalue weighted by Gasteiger charge is 2.14. The first-order valence-electron chi connectivity index (χ1n) is 7.03. The van der Waals surface area contributed by atoms with Crippen LogP contribution in [0.4, 0.5) is 4.39 Å². The van der Waals surface area contributed by atoms with Crippen molar-refractivity contribution >= 4 is 23.2 Å².